The summed E-state index contributed by atoms with van der Waals surface area (Å²) in [4.78, 5) is 14.6. The van der Waals surface area contributed by atoms with Gasteiger partial charge in [-0.3, -0.25) is 9.05 Å². The van der Waals surface area contributed by atoms with Crippen molar-refractivity contribution >= 4 is 19.2 Å². The van der Waals surface area contributed by atoms with Crippen molar-refractivity contribution in [1.29, 1.82) is 10.5 Å². The number of aliphatic hydroxyl groups excluding tert-OH is 1. The first-order valence-corrected chi connectivity index (χ1v) is 22.5. The first-order chi connectivity index (χ1) is 28.1. The van der Waals surface area contributed by atoms with Crippen LogP contribution in [0.4, 0.5) is 5.82 Å². The van der Waals surface area contributed by atoms with Crippen LogP contribution in [0.5, 0.6) is 11.5 Å². The maximum atomic E-state index is 13.1. The van der Waals surface area contributed by atoms with Crippen LogP contribution >= 0.6 is 7.82 Å². The summed E-state index contributed by atoms with van der Waals surface area (Å²) in [5.41, 5.74) is 5.43. The van der Waals surface area contributed by atoms with Crippen LogP contribution in [0.2, 0.25) is 0 Å². The van der Waals surface area contributed by atoms with Crippen molar-refractivity contribution in [3.8, 4) is 23.6 Å². The van der Waals surface area contributed by atoms with Crippen LogP contribution in [-0.4, -0.2) is 75.9 Å². The van der Waals surface area contributed by atoms with Gasteiger partial charge in [0.05, 0.1) is 43.8 Å². The number of rotatable bonds is 30. The van der Waals surface area contributed by atoms with E-state index < -0.39 is 38.3 Å². The number of hydrogen-bond acceptors (Lipinski definition) is 13. The van der Waals surface area contributed by atoms with Crippen LogP contribution in [-0.2, 0) is 28.7 Å². The molecule has 4 rings (SSSR count). The van der Waals surface area contributed by atoms with Crippen LogP contribution in [0.3, 0.4) is 0 Å². The molecule has 1 aromatic carbocycles. The second-order valence-corrected chi connectivity index (χ2v) is 16.4. The highest BCUT2D eigenvalue weighted by Crippen LogP contribution is 2.46. The molecule has 1 fully saturated rings. The molecule has 0 bridgehead atoms. The second kappa shape index (κ2) is 25.0. The first kappa shape index (κ1) is 46.9. The summed E-state index contributed by atoms with van der Waals surface area (Å²) in [7, 11) is -4.72. The van der Waals surface area contributed by atoms with Gasteiger partial charge in [-0.05, 0) is 37.6 Å². The van der Waals surface area contributed by atoms with Crippen molar-refractivity contribution in [1.82, 2.24) is 14.6 Å². The Balaban J connectivity index is 1.21. The van der Waals surface area contributed by atoms with Crippen molar-refractivity contribution in [3.63, 3.8) is 0 Å². The van der Waals surface area contributed by atoms with E-state index in [9.17, 15) is 25.1 Å². The van der Waals surface area contributed by atoms with Crippen LogP contribution in [0, 0.1) is 22.7 Å². The fourth-order valence-corrected chi connectivity index (χ4v) is 7.87. The largest absolute Gasteiger partial charge is 0.492 e. The molecule has 1 aliphatic heterocycles. The molecular weight excluding hydrogens is 763 g/mol. The number of nitrogen functional groups attached to an aromatic ring is 1. The lowest BCUT2D eigenvalue weighted by Crippen LogP contribution is -2.30. The zero-order valence-electron chi connectivity index (χ0n) is 34.3. The Morgan fingerprint density at radius 2 is 1.60 bits per heavy atom. The average molecular weight is 827 g/mol. The molecule has 15 nitrogen and oxygen atoms in total. The van der Waals surface area contributed by atoms with E-state index in [0.29, 0.717) is 41.5 Å². The van der Waals surface area contributed by atoms with Crippen molar-refractivity contribution < 1.29 is 42.6 Å². The molecule has 320 valence electrons. The zero-order valence-corrected chi connectivity index (χ0v) is 35.2. The number of nitriles is 2. The van der Waals surface area contributed by atoms with Gasteiger partial charge in [-0.2, -0.15) is 15.6 Å². The Morgan fingerprint density at radius 3 is 2.22 bits per heavy atom. The molecule has 1 aliphatic rings. The number of nitrogens with zero attached hydrogens (tertiary/aromatic N) is 5. The normalized spacial score (nSPS) is 19.4. The van der Waals surface area contributed by atoms with Crippen molar-refractivity contribution in [2.75, 3.05) is 38.8 Å². The fraction of sp³-hybridized carbons (Fsp3) is 0.667. The molecule has 3 heterocycles. The van der Waals surface area contributed by atoms with Crippen LogP contribution in [0.15, 0.2) is 36.7 Å². The number of fused-ring (bicyclic) bond motifs is 1. The van der Waals surface area contributed by atoms with Crippen LogP contribution in [0.25, 0.3) is 5.52 Å². The molecule has 1 unspecified atom stereocenters. The Bertz CT molecular complexity index is 1800. The summed E-state index contributed by atoms with van der Waals surface area (Å²) in [5, 5.41) is 34.6. The SMILES string of the molecule is CCCCCCCCCCCCCCCCCCOC[C@H](COP(=O)(O)OC[C@H]1O[C@@](C#N)(c2ccc3c(N)ncnn23)C[C@@H]1O)Oc1ccc(C#N)c(OCC)c1. The predicted octanol–water partition coefficient (Wildman–Crippen LogP) is 8.31. The summed E-state index contributed by atoms with van der Waals surface area (Å²) in [6.07, 6.45) is 18.3. The topological polar surface area (TPSA) is 217 Å². The maximum Gasteiger partial charge on any atom is 0.472 e. The molecule has 2 aromatic heterocycles. The van der Waals surface area contributed by atoms with Gasteiger partial charge in [0.1, 0.15) is 47.7 Å². The number of unbranched alkanes of at least 4 members (excludes halogenated alkanes) is 15. The summed E-state index contributed by atoms with van der Waals surface area (Å²) >= 11 is 0. The lowest BCUT2D eigenvalue weighted by Gasteiger charge is -2.23. The number of aromatic nitrogens is 3. The Kier molecular flexibility index (Phi) is 20.2. The molecular formula is C42H63N6O9P. The number of phosphoric acid groups is 1. The summed E-state index contributed by atoms with van der Waals surface area (Å²) in [6, 6.07) is 12.2. The van der Waals surface area contributed by atoms with Gasteiger partial charge in [0.2, 0.25) is 0 Å². The quantitative estimate of drug-likeness (QED) is 0.0426. The molecule has 58 heavy (non-hydrogen) atoms. The number of hydrogen-bond donors (Lipinski definition) is 3. The van der Waals surface area contributed by atoms with E-state index in [1.807, 2.05) is 0 Å². The van der Waals surface area contributed by atoms with Gasteiger partial charge in [-0.25, -0.2) is 14.1 Å². The molecule has 5 atom stereocenters. The van der Waals surface area contributed by atoms with E-state index in [2.05, 4.69) is 29.1 Å². The highest BCUT2D eigenvalue weighted by molar-refractivity contribution is 7.47. The van der Waals surface area contributed by atoms with Crippen molar-refractivity contribution in [3.05, 3.63) is 47.9 Å². The molecule has 0 spiro atoms. The smallest absolute Gasteiger partial charge is 0.472 e. The first-order valence-electron chi connectivity index (χ1n) is 21.0. The minimum atomic E-state index is -4.72. The summed E-state index contributed by atoms with van der Waals surface area (Å²) in [5.74, 6) is 0.906. The van der Waals surface area contributed by atoms with Gasteiger partial charge in [-0.1, -0.05) is 103 Å². The lowest BCUT2D eigenvalue weighted by atomic mass is 9.96. The highest BCUT2D eigenvalue weighted by Gasteiger charge is 2.50. The third kappa shape index (κ3) is 14.8. The van der Waals surface area contributed by atoms with Crippen molar-refractivity contribution in [2.24, 2.45) is 0 Å². The van der Waals surface area contributed by atoms with Crippen LogP contribution in [0.1, 0.15) is 134 Å². The number of aliphatic hydroxyl groups is 1. The lowest BCUT2D eigenvalue weighted by molar-refractivity contribution is -0.0540. The molecule has 0 radical (unpaired) electrons. The number of anilines is 1. The Labute approximate surface area is 343 Å². The number of phosphoric ester groups is 1. The van der Waals surface area contributed by atoms with Crippen LogP contribution < -0.4 is 15.2 Å². The van der Waals surface area contributed by atoms with Crippen molar-refractivity contribution in [2.45, 2.75) is 147 Å². The highest BCUT2D eigenvalue weighted by atomic mass is 31.2. The average Bonchev–Trinajstić information content (AvgIpc) is 3.81. The van der Waals surface area contributed by atoms with E-state index in [0.717, 1.165) is 19.3 Å². The van der Waals surface area contributed by atoms with Gasteiger partial charge in [0.15, 0.2) is 11.4 Å². The third-order valence-electron chi connectivity index (χ3n) is 10.3. The van der Waals surface area contributed by atoms with E-state index >= 15 is 0 Å². The number of nitrogens with two attached hydrogens (primary N) is 1. The number of ether oxygens (including phenoxy) is 4. The van der Waals surface area contributed by atoms with E-state index in [1.165, 1.54) is 94.3 Å². The second-order valence-electron chi connectivity index (χ2n) is 14.9. The molecule has 0 saturated carbocycles. The minimum absolute atomic E-state index is 0.0528. The fourth-order valence-electron chi connectivity index (χ4n) is 7.11. The van der Waals surface area contributed by atoms with E-state index in [1.54, 1.807) is 37.3 Å². The standard InChI is InChI=1S/C42H63N6O9P/c1-3-5-6-7-8-9-10-11-12-13-14-15-16-17-18-19-24-52-28-35(56-34-21-20-33(27-43)38(25-34)53-4-2)29-54-58(50,51)55-30-39-37(49)26-42(31-44,57-39)40-23-22-36-41(45)46-32-47-48(36)40/h20-23,25,32,35,37,39,49H,3-19,24,26,28-30H2,1-2H3,(H,50,51)(H2,45,46,47)/t35-,37+,39-,42+/m1/s1. The van der Waals surface area contributed by atoms with Gasteiger partial charge in [0.25, 0.3) is 0 Å². The minimum Gasteiger partial charge on any atom is -0.492 e. The third-order valence-corrected chi connectivity index (χ3v) is 11.3. The summed E-state index contributed by atoms with van der Waals surface area (Å²) < 4.78 is 48.7. The zero-order chi connectivity index (χ0) is 41.6. The van der Waals surface area contributed by atoms with E-state index in [4.69, 9.17) is 33.7 Å². The van der Waals surface area contributed by atoms with E-state index in [-0.39, 0.29) is 25.5 Å². The number of benzene rings is 1. The molecule has 0 aliphatic carbocycles. The Hall–Kier alpha value is -3.79. The van der Waals surface area contributed by atoms with Gasteiger partial charge in [0, 0.05) is 19.1 Å². The van der Waals surface area contributed by atoms with Gasteiger partial charge in [-0.15, -0.1) is 0 Å². The maximum absolute atomic E-state index is 13.1. The molecule has 1 saturated heterocycles. The molecule has 4 N–H and O–H groups in total. The molecule has 0 amide bonds. The summed E-state index contributed by atoms with van der Waals surface area (Å²) in [6.45, 7) is 4.01. The monoisotopic (exact) mass is 826 g/mol. The van der Waals surface area contributed by atoms with Gasteiger partial charge < -0.3 is 34.7 Å². The predicted molar refractivity (Wildman–Crippen MR) is 219 cm³/mol. The molecule has 3 aromatic rings. The van der Waals surface area contributed by atoms with Gasteiger partial charge >= 0.3 is 7.82 Å². The molecule has 16 heteroatoms. The Morgan fingerprint density at radius 1 is 0.948 bits per heavy atom.